The first-order chi connectivity index (χ1) is 4.83. The Labute approximate surface area is 70.6 Å². The van der Waals surface area contributed by atoms with Crippen LogP contribution in [0.5, 0.6) is 0 Å². The van der Waals surface area contributed by atoms with E-state index in [1.165, 1.54) is 0 Å². The van der Waals surface area contributed by atoms with Gasteiger partial charge in [0.15, 0.2) is 0 Å². The van der Waals surface area contributed by atoms with Crippen molar-refractivity contribution in [2.45, 2.75) is 32.7 Å². The van der Waals surface area contributed by atoms with E-state index in [-0.39, 0.29) is 11.0 Å². The molecule has 64 valence electrons. The van der Waals surface area contributed by atoms with Gasteiger partial charge in [-0.1, -0.05) is 27.4 Å². The Kier molecular flexibility index (Phi) is 3.52. The molecule has 0 amide bonds. The molecule has 0 aromatic carbocycles. The van der Waals surface area contributed by atoms with Crippen molar-refractivity contribution in [3.05, 3.63) is 12.2 Å². The molecular formula is C8H16O2Si. The van der Waals surface area contributed by atoms with E-state index in [1.54, 1.807) is 6.92 Å². The van der Waals surface area contributed by atoms with Gasteiger partial charge in [0.25, 0.3) is 0 Å². The monoisotopic (exact) mass is 172 g/mol. The van der Waals surface area contributed by atoms with Crippen molar-refractivity contribution >= 4 is 15.7 Å². The molecule has 0 spiro atoms. The zero-order valence-electron chi connectivity index (χ0n) is 7.73. The summed E-state index contributed by atoms with van der Waals surface area (Å²) in [6, 6.07) is 0. The molecule has 0 aromatic rings. The number of carbonyl (C=O) groups is 1. The molecule has 0 aromatic heterocycles. The van der Waals surface area contributed by atoms with E-state index >= 15 is 0 Å². The van der Waals surface area contributed by atoms with Crippen LogP contribution < -0.4 is 0 Å². The topological polar surface area (TPSA) is 26.3 Å². The predicted octanol–water partition coefficient (Wildman–Crippen LogP) is 1.41. The van der Waals surface area contributed by atoms with E-state index in [0.717, 1.165) is 0 Å². The van der Waals surface area contributed by atoms with Crippen LogP contribution in [0.1, 0.15) is 27.7 Å². The lowest BCUT2D eigenvalue weighted by molar-refractivity contribution is -0.130. The van der Waals surface area contributed by atoms with Gasteiger partial charge in [-0.15, -0.1) is 0 Å². The van der Waals surface area contributed by atoms with Crippen molar-refractivity contribution in [3.63, 3.8) is 0 Å². The van der Waals surface area contributed by atoms with Crippen LogP contribution in [-0.2, 0) is 9.22 Å². The maximum atomic E-state index is 10.9. The molecule has 0 unspecified atom stereocenters. The van der Waals surface area contributed by atoms with E-state index in [1.807, 2.05) is 0 Å². The molecule has 0 N–H and O–H groups in total. The third-order valence-corrected chi connectivity index (χ3v) is 2.26. The molecule has 0 fully saturated rings. The molecule has 2 nitrogen and oxygen atoms in total. The third kappa shape index (κ3) is 5.85. The SMILES string of the molecule is C=C(C)C(=O)O[SiH2]C(C)(C)C. The minimum absolute atomic E-state index is 0.172. The first-order valence-electron chi connectivity index (χ1n) is 3.65. The smallest absolute Gasteiger partial charge is 0.319 e. The highest BCUT2D eigenvalue weighted by molar-refractivity contribution is 6.35. The first-order valence-corrected chi connectivity index (χ1v) is 4.94. The van der Waals surface area contributed by atoms with Gasteiger partial charge in [-0.25, -0.2) is 4.79 Å². The second-order valence-electron chi connectivity index (χ2n) is 3.92. The molecule has 11 heavy (non-hydrogen) atoms. The van der Waals surface area contributed by atoms with Crippen molar-refractivity contribution in [1.82, 2.24) is 0 Å². The number of hydrogen-bond donors (Lipinski definition) is 0. The summed E-state index contributed by atoms with van der Waals surface area (Å²) < 4.78 is 5.07. The molecule has 0 rings (SSSR count). The molecule has 0 aliphatic rings. The Morgan fingerprint density at radius 1 is 1.45 bits per heavy atom. The average Bonchev–Trinajstić information content (AvgIpc) is 1.80. The lowest BCUT2D eigenvalue weighted by Gasteiger charge is -2.16. The first kappa shape index (κ1) is 10.4. The van der Waals surface area contributed by atoms with Gasteiger partial charge in [0.2, 0.25) is 9.76 Å². The molecular weight excluding hydrogens is 156 g/mol. The van der Waals surface area contributed by atoms with Gasteiger partial charge in [-0.05, 0) is 12.0 Å². The van der Waals surface area contributed by atoms with E-state index in [9.17, 15) is 4.79 Å². The van der Waals surface area contributed by atoms with Crippen LogP contribution in [0.4, 0.5) is 0 Å². The summed E-state index contributed by atoms with van der Waals surface area (Å²) in [6.07, 6.45) is 0. The number of carbonyl (C=O) groups excluding carboxylic acids is 1. The summed E-state index contributed by atoms with van der Waals surface area (Å²) in [4.78, 5) is 10.9. The van der Waals surface area contributed by atoms with Gasteiger partial charge in [0.05, 0.1) is 0 Å². The van der Waals surface area contributed by atoms with Crippen LogP contribution in [0.15, 0.2) is 12.2 Å². The zero-order chi connectivity index (χ0) is 9.07. The van der Waals surface area contributed by atoms with Gasteiger partial charge in [0, 0.05) is 5.57 Å². The lowest BCUT2D eigenvalue weighted by atomic mass is 10.3. The molecule has 0 saturated heterocycles. The second kappa shape index (κ2) is 3.71. The standard InChI is InChI=1S/C8H16O2Si/c1-6(2)7(9)10-11-8(3,4)5/h1,11H2,2-5H3. The fourth-order valence-corrected chi connectivity index (χ4v) is 1.22. The Morgan fingerprint density at radius 3 is 2.18 bits per heavy atom. The van der Waals surface area contributed by atoms with Crippen LogP contribution in [0, 0.1) is 0 Å². The summed E-state index contributed by atoms with van der Waals surface area (Å²) in [7, 11) is -0.751. The van der Waals surface area contributed by atoms with Gasteiger partial charge < -0.3 is 4.43 Å². The maximum absolute atomic E-state index is 10.9. The van der Waals surface area contributed by atoms with Crippen molar-refractivity contribution in [2.75, 3.05) is 0 Å². The van der Waals surface area contributed by atoms with Crippen LogP contribution in [0.3, 0.4) is 0 Å². The van der Waals surface area contributed by atoms with Crippen molar-refractivity contribution in [2.24, 2.45) is 0 Å². The van der Waals surface area contributed by atoms with Crippen LogP contribution in [0.25, 0.3) is 0 Å². The Balaban J connectivity index is 3.73. The van der Waals surface area contributed by atoms with Crippen LogP contribution in [-0.4, -0.2) is 15.7 Å². The Morgan fingerprint density at radius 2 is 1.91 bits per heavy atom. The molecule has 0 aliphatic heterocycles. The molecule has 0 heterocycles. The van der Waals surface area contributed by atoms with Crippen molar-refractivity contribution < 1.29 is 9.22 Å². The fraction of sp³-hybridized carbons (Fsp3) is 0.625. The summed E-state index contributed by atoms with van der Waals surface area (Å²) in [5, 5.41) is 0.172. The predicted molar refractivity (Wildman–Crippen MR) is 49.2 cm³/mol. The zero-order valence-corrected chi connectivity index (χ0v) is 9.14. The average molecular weight is 172 g/mol. The highest BCUT2D eigenvalue weighted by Gasteiger charge is 2.14. The minimum atomic E-state index is -0.751. The van der Waals surface area contributed by atoms with E-state index in [2.05, 4.69) is 27.4 Å². The highest BCUT2D eigenvalue weighted by Crippen LogP contribution is 2.20. The van der Waals surface area contributed by atoms with Gasteiger partial charge in [0.1, 0.15) is 0 Å². The molecule has 0 atom stereocenters. The molecule has 0 aliphatic carbocycles. The van der Waals surface area contributed by atoms with Crippen molar-refractivity contribution in [1.29, 1.82) is 0 Å². The van der Waals surface area contributed by atoms with Gasteiger partial charge >= 0.3 is 5.97 Å². The molecule has 0 radical (unpaired) electrons. The lowest BCUT2D eigenvalue weighted by Crippen LogP contribution is -2.17. The largest absolute Gasteiger partial charge is 0.521 e. The third-order valence-electron chi connectivity index (χ3n) is 0.985. The van der Waals surface area contributed by atoms with Gasteiger partial charge in [-0.3, -0.25) is 0 Å². The molecule has 0 bridgehead atoms. The Hall–Kier alpha value is -0.573. The molecule has 3 heteroatoms. The number of rotatable bonds is 2. The molecule has 0 saturated carbocycles. The van der Waals surface area contributed by atoms with Crippen molar-refractivity contribution in [3.8, 4) is 0 Å². The number of hydrogen-bond acceptors (Lipinski definition) is 2. The van der Waals surface area contributed by atoms with Gasteiger partial charge in [-0.2, -0.15) is 0 Å². The normalized spacial score (nSPS) is 12.0. The summed E-state index contributed by atoms with van der Waals surface area (Å²) in [5.41, 5.74) is 0.488. The van der Waals surface area contributed by atoms with Crippen LogP contribution >= 0.6 is 0 Å². The van der Waals surface area contributed by atoms with E-state index in [0.29, 0.717) is 5.57 Å². The fourth-order valence-electron chi connectivity index (χ4n) is 0.405. The maximum Gasteiger partial charge on any atom is 0.319 e. The summed E-state index contributed by atoms with van der Waals surface area (Å²) >= 11 is 0. The highest BCUT2D eigenvalue weighted by atomic mass is 28.2. The van der Waals surface area contributed by atoms with Crippen LogP contribution in [0.2, 0.25) is 5.04 Å². The summed E-state index contributed by atoms with van der Waals surface area (Å²) in [6.45, 7) is 11.4. The van der Waals surface area contributed by atoms with E-state index in [4.69, 9.17) is 4.43 Å². The summed E-state index contributed by atoms with van der Waals surface area (Å²) in [5.74, 6) is -0.244. The van der Waals surface area contributed by atoms with E-state index < -0.39 is 9.76 Å². The quantitative estimate of drug-likeness (QED) is 0.465. The Bertz CT molecular complexity index is 167. The minimum Gasteiger partial charge on any atom is -0.521 e. The second-order valence-corrected chi connectivity index (χ2v) is 6.62.